The summed E-state index contributed by atoms with van der Waals surface area (Å²) in [5.74, 6) is -1.83. The van der Waals surface area contributed by atoms with Gasteiger partial charge in [0.25, 0.3) is 0 Å². The lowest BCUT2D eigenvalue weighted by molar-refractivity contribution is -0.147. The summed E-state index contributed by atoms with van der Waals surface area (Å²) in [5, 5.41) is 19.9. The average molecular weight is 236 g/mol. The van der Waals surface area contributed by atoms with Crippen molar-refractivity contribution in [2.75, 3.05) is 12.0 Å². The maximum atomic E-state index is 10.9. The van der Waals surface area contributed by atoms with E-state index < -0.39 is 23.6 Å². The van der Waals surface area contributed by atoms with Gasteiger partial charge in [-0.3, -0.25) is 10.1 Å². The fraction of sp³-hybridized carbons (Fsp3) is 0.750. The first kappa shape index (κ1) is 14.2. The van der Waals surface area contributed by atoms with Gasteiger partial charge < -0.3 is 15.9 Å². The van der Waals surface area contributed by atoms with Gasteiger partial charge >= 0.3 is 11.9 Å². The van der Waals surface area contributed by atoms with Crippen LogP contribution in [0, 0.1) is 0 Å². The minimum atomic E-state index is -1.68. The third-order valence-corrected chi connectivity index (χ3v) is 2.54. The van der Waals surface area contributed by atoms with Crippen LogP contribution in [-0.2, 0) is 9.59 Å². The van der Waals surface area contributed by atoms with Crippen LogP contribution < -0.4 is 11.1 Å². The van der Waals surface area contributed by atoms with Gasteiger partial charge in [0.15, 0.2) is 5.66 Å². The van der Waals surface area contributed by atoms with Crippen molar-refractivity contribution >= 4 is 23.7 Å². The highest BCUT2D eigenvalue weighted by Gasteiger charge is 2.35. The first-order valence-corrected chi connectivity index (χ1v) is 5.74. The summed E-state index contributed by atoms with van der Waals surface area (Å²) in [7, 11) is 0. The van der Waals surface area contributed by atoms with Gasteiger partial charge in [0.2, 0.25) is 0 Å². The minimum Gasteiger partial charge on any atom is -0.480 e. The molecule has 0 spiro atoms. The van der Waals surface area contributed by atoms with Crippen molar-refractivity contribution in [3.63, 3.8) is 0 Å². The SMILES string of the molecule is CSCC[C@@](N)(N[C@@H](C)C(=O)O)C(=O)O. The van der Waals surface area contributed by atoms with Crippen LogP contribution in [0.15, 0.2) is 0 Å². The number of carbonyl (C=O) groups is 2. The van der Waals surface area contributed by atoms with Gasteiger partial charge in [0, 0.05) is 0 Å². The summed E-state index contributed by atoms with van der Waals surface area (Å²) < 4.78 is 0. The molecule has 0 aromatic rings. The van der Waals surface area contributed by atoms with Crippen LogP contribution in [0.4, 0.5) is 0 Å². The maximum Gasteiger partial charge on any atom is 0.338 e. The minimum absolute atomic E-state index is 0.168. The molecule has 0 aliphatic rings. The van der Waals surface area contributed by atoms with E-state index in [4.69, 9.17) is 15.9 Å². The van der Waals surface area contributed by atoms with E-state index in [9.17, 15) is 9.59 Å². The fourth-order valence-electron chi connectivity index (χ4n) is 0.952. The summed E-state index contributed by atoms with van der Waals surface area (Å²) in [6.45, 7) is 1.35. The van der Waals surface area contributed by atoms with Crippen molar-refractivity contribution in [1.29, 1.82) is 0 Å². The molecule has 0 rings (SSSR count). The van der Waals surface area contributed by atoms with Crippen molar-refractivity contribution in [3.05, 3.63) is 0 Å². The van der Waals surface area contributed by atoms with E-state index in [1.54, 1.807) is 0 Å². The predicted molar refractivity (Wildman–Crippen MR) is 57.8 cm³/mol. The molecule has 0 bridgehead atoms. The molecule has 0 unspecified atom stereocenters. The molecule has 0 saturated carbocycles. The second-order valence-electron chi connectivity index (χ2n) is 3.22. The standard InChI is InChI=1S/C8H16N2O4S/c1-5(6(11)12)10-8(9,7(13)14)3-4-15-2/h5,10H,3-4,9H2,1-2H3,(H,11,12)(H,13,14)/t5-,8+/m0/s1. The Morgan fingerprint density at radius 3 is 2.40 bits per heavy atom. The summed E-state index contributed by atoms with van der Waals surface area (Å²) in [6.07, 6.45) is 1.99. The highest BCUT2D eigenvalue weighted by Crippen LogP contribution is 2.09. The Balaban J connectivity index is 4.50. The van der Waals surface area contributed by atoms with E-state index in [0.29, 0.717) is 5.75 Å². The number of thioether (sulfide) groups is 1. The molecule has 88 valence electrons. The molecule has 15 heavy (non-hydrogen) atoms. The van der Waals surface area contributed by atoms with Gasteiger partial charge in [0.05, 0.1) is 0 Å². The molecule has 7 heteroatoms. The van der Waals surface area contributed by atoms with Crippen LogP contribution in [0.2, 0.25) is 0 Å². The largest absolute Gasteiger partial charge is 0.480 e. The van der Waals surface area contributed by atoms with Gasteiger partial charge in [-0.1, -0.05) is 0 Å². The van der Waals surface area contributed by atoms with Crippen LogP contribution >= 0.6 is 11.8 Å². The number of nitrogens with two attached hydrogens (primary N) is 1. The number of aliphatic carboxylic acids is 2. The van der Waals surface area contributed by atoms with Crippen molar-refractivity contribution in [2.24, 2.45) is 5.73 Å². The lowest BCUT2D eigenvalue weighted by Gasteiger charge is -2.27. The zero-order chi connectivity index (χ0) is 12.1. The highest BCUT2D eigenvalue weighted by atomic mass is 32.2. The number of hydrogen-bond acceptors (Lipinski definition) is 5. The smallest absolute Gasteiger partial charge is 0.338 e. The molecule has 0 saturated heterocycles. The zero-order valence-corrected chi connectivity index (χ0v) is 9.50. The van der Waals surface area contributed by atoms with E-state index in [-0.39, 0.29) is 6.42 Å². The molecule has 0 amide bonds. The Bertz CT molecular complexity index is 249. The van der Waals surface area contributed by atoms with Crippen molar-refractivity contribution in [2.45, 2.75) is 25.0 Å². The van der Waals surface area contributed by atoms with Crippen LogP contribution in [0.25, 0.3) is 0 Å². The monoisotopic (exact) mass is 236 g/mol. The number of hydrogen-bond donors (Lipinski definition) is 4. The lowest BCUT2D eigenvalue weighted by Crippen LogP contribution is -2.63. The van der Waals surface area contributed by atoms with Crippen LogP contribution in [0.5, 0.6) is 0 Å². The highest BCUT2D eigenvalue weighted by molar-refractivity contribution is 7.98. The van der Waals surface area contributed by atoms with Crippen molar-refractivity contribution in [1.82, 2.24) is 5.32 Å². The fourth-order valence-corrected chi connectivity index (χ4v) is 1.48. The second kappa shape index (κ2) is 5.94. The summed E-state index contributed by atoms with van der Waals surface area (Å²) >= 11 is 1.45. The molecule has 5 N–H and O–H groups in total. The molecular weight excluding hydrogens is 220 g/mol. The van der Waals surface area contributed by atoms with Crippen LogP contribution in [0.3, 0.4) is 0 Å². The molecule has 6 nitrogen and oxygen atoms in total. The average Bonchev–Trinajstić information content (AvgIpc) is 2.14. The van der Waals surface area contributed by atoms with Crippen LogP contribution in [-0.4, -0.2) is 45.9 Å². The Hall–Kier alpha value is -0.790. The molecular formula is C8H16N2O4S. The van der Waals surface area contributed by atoms with Crippen molar-refractivity contribution in [3.8, 4) is 0 Å². The molecule has 0 aromatic carbocycles. The molecule has 0 aliphatic heterocycles. The first-order valence-electron chi connectivity index (χ1n) is 4.35. The van der Waals surface area contributed by atoms with Gasteiger partial charge in [-0.25, -0.2) is 4.79 Å². The molecule has 0 heterocycles. The number of rotatable bonds is 7. The first-order chi connectivity index (χ1) is 6.83. The third kappa shape index (κ3) is 4.50. The quantitative estimate of drug-likeness (QED) is 0.442. The van der Waals surface area contributed by atoms with Crippen LogP contribution in [0.1, 0.15) is 13.3 Å². The van der Waals surface area contributed by atoms with Gasteiger partial charge in [-0.15, -0.1) is 0 Å². The van der Waals surface area contributed by atoms with E-state index in [1.165, 1.54) is 18.7 Å². The number of carboxylic acids is 2. The normalized spacial score (nSPS) is 16.7. The van der Waals surface area contributed by atoms with Gasteiger partial charge in [0.1, 0.15) is 6.04 Å². The summed E-state index contributed by atoms with van der Waals surface area (Å²) in [4.78, 5) is 21.5. The van der Waals surface area contributed by atoms with Crippen molar-refractivity contribution < 1.29 is 19.8 Å². The molecule has 0 fully saturated rings. The molecule has 2 atom stereocenters. The number of carboxylic acid groups (broad SMARTS) is 2. The Morgan fingerprint density at radius 1 is 1.53 bits per heavy atom. The molecule has 0 aliphatic carbocycles. The van der Waals surface area contributed by atoms with E-state index in [0.717, 1.165) is 0 Å². The topological polar surface area (TPSA) is 113 Å². The second-order valence-corrected chi connectivity index (χ2v) is 4.21. The van der Waals surface area contributed by atoms with E-state index in [2.05, 4.69) is 5.32 Å². The maximum absolute atomic E-state index is 10.9. The van der Waals surface area contributed by atoms with E-state index >= 15 is 0 Å². The predicted octanol–water partition coefficient (Wildman–Crippen LogP) is -0.458. The van der Waals surface area contributed by atoms with Gasteiger partial charge in [-0.2, -0.15) is 11.8 Å². The lowest BCUT2D eigenvalue weighted by atomic mass is 10.1. The Labute approximate surface area is 92.2 Å². The Morgan fingerprint density at radius 2 is 2.07 bits per heavy atom. The Kier molecular flexibility index (Phi) is 5.63. The summed E-state index contributed by atoms with van der Waals surface area (Å²) in [5.41, 5.74) is 3.90. The third-order valence-electron chi connectivity index (χ3n) is 1.93. The summed E-state index contributed by atoms with van der Waals surface area (Å²) in [6, 6.07) is -0.993. The molecule has 0 aromatic heterocycles. The van der Waals surface area contributed by atoms with E-state index in [1.807, 2.05) is 6.26 Å². The van der Waals surface area contributed by atoms with Gasteiger partial charge in [-0.05, 0) is 25.4 Å². The number of nitrogens with one attached hydrogen (secondary N) is 1. The zero-order valence-electron chi connectivity index (χ0n) is 8.69. The molecule has 0 radical (unpaired) electrons.